The van der Waals surface area contributed by atoms with Gasteiger partial charge in [0.05, 0.1) is 6.04 Å². The van der Waals surface area contributed by atoms with Crippen LogP contribution in [0.25, 0.3) is 11.2 Å². The summed E-state index contributed by atoms with van der Waals surface area (Å²) < 4.78 is 7.84. The quantitative estimate of drug-likeness (QED) is 0.360. The first kappa shape index (κ1) is 26.0. The van der Waals surface area contributed by atoms with Gasteiger partial charge in [0.15, 0.2) is 22.8 Å². The molecule has 212 valence electrons. The molecule has 1 saturated heterocycles. The summed E-state index contributed by atoms with van der Waals surface area (Å²) in [5.41, 5.74) is 5.19. The van der Waals surface area contributed by atoms with E-state index in [4.69, 9.17) is 16.3 Å². The Labute approximate surface area is 239 Å². The number of carbonyl (C=O) groups is 1. The van der Waals surface area contributed by atoms with Gasteiger partial charge in [-0.1, -0.05) is 11.6 Å². The van der Waals surface area contributed by atoms with Crippen molar-refractivity contribution < 1.29 is 9.53 Å². The van der Waals surface area contributed by atoms with Gasteiger partial charge in [-0.15, -0.1) is 0 Å². The SMILES string of the molecule is CNn1cnc2c(NCc3cc(Cl)ccc3OCC(=O)C3CN(C4C5CC6CC(C5)CC4C6)CCN3)ncnc21. The van der Waals surface area contributed by atoms with Gasteiger partial charge in [-0.05, 0) is 74.0 Å². The number of ketones is 1. The van der Waals surface area contributed by atoms with Crippen LogP contribution in [-0.2, 0) is 11.3 Å². The fourth-order valence-electron chi connectivity index (χ4n) is 8.14. The highest BCUT2D eigenvalue weighted by Gasteiger charge is 2.50. The monoisotopic (exact) mass is 564 g/mol. The maximum atomic E-state index is 13.4. The molecule has 11 heteroatoms. The third-order valence-corrected chi connectivity index (χ3v) is 9.84. The van der Waals surface area contributed by atoms with Gasteiger partial charge in [-0.2, -0.15) is 0 Å². The van der Waals surface area contributed by atoms with Crippen molar-refractivity contribution in [1.29, 1.82) is 0 Å². The van der Waals surface area contributed by atoms with Crippen LogP contribution >= 0.6 is 11.6 Å². The first-order chi connectivity index (χ1) is 19.6. The van der Waals surface area contributed by atoms with Crippen LogP contribution in [-0.4, -0.2) is 75.7 Å². The number of piperazine rings is 1. The predicted molar refractivity (Wildman–Crippen MR) is 154 cm³/mol. The molecule has 5 fully saturated rings. The Bertz CT molecular complexity index is 1370. The van der Waals surface area contributed by atoms with Crippen LogP contribution < -0.4 is 20.8 Å². The lowest BCUT2D eigenvalue weighted by Gasteiger charge is -2.58. The van der Waals surface area contributed by atoms with Crippen LogP contribution in [0.3, 0.4) is 0 Å². The number of fused-ring (bicyclic) bond motifs is 1. The van der Waals surface area contributed by atoms with Crippen LogP contribution in [0.1, 0.15) is 37.7 Å². The number of Topliss-reactive ketones (excluding diaryl/α,β-unsaturated/α-hetero) is 1. The lowest BCUT2D eigenvalue weighted by atomic mass is 9.54. The zero-order valence-electron chi connectivity index (χ0n) is 22.9. The number of imidazole rings is 1. The van der Waals surface area contributed by atoms with Crippen LogP contribution in [0.5, 0.6) is 5.75 Å². The third-order valence-electron chi connectivity index (χ3n) is 9.61. The number of hydrogen-bond donors (Lipinski definition) is 3. The number of nitrogens with one attached hydrogen (secondary N) is 3. The van der Waals surface area contributed by atoms with Gasteiger partial charge < -0.3 is 20.8 Å². The minimum Gasteiger partial charge on any atom is -0.485 e. The molecule has 1 aliphatic heterocycles. The number of hydrogen-bond acceptors (Lipinski definition) is 9. The highest BCUT2D eigenvalue weighted by molar-refractivity contribution is 6.30. The molecule has 0 radical (unpaired) electrons. The summed E-state index contributed by atoms with van der Waals surface area (Å²) in [6.07, 6.45) is 10.2. The fourth-order valence-corrected chi connectivity index (χ4v) is 8.33. The highest BCUT2D eigenvalue weighted by atomic mass is 35.5. The second kappa shape index (κ2) is 10.8. The Balaban J connectivity index is 0.992. The van der Waals surface area contributed by atoms with Crippen molar-refractivity contribution in [3.8, 4) is 5.75 Å². The summed E-state index contributed by atoms with van der Waals surface area (Å²) in [4.78, 5) is 29.1. The van der Waals surface area contributed by atoms with E-state index >= 15 is 0 Å². The van der Waals surface area contributed by atoms with Gasteiger partial charge >= 0.3 is 0 Å². The van der Waals surface area contributed by atoms with Crippen molar-refractivity contribution in [2.24, 2.45) is 23.7 Å². The molecule has 0 amide bonds. The van der Waals surface area contributed by atoms with Gasteiger partial charge in [0.1, 0.15) is 25.0 Å². The molecule has 3 aromatic rings. The fraction of sp³-hybridized carbons (Fsp3) is 0.586. The third kappa shape index (κ3) is 4.90. The Hall–Kier alpha value is -2.95. The molecule has 1 unspecified atom stereocenters. The average molecular weight is 565 g/mol. The molecule has 3 N–H and O–H groups in total. The molecule has 8 rings (SSSR count). The summed E-state index contributed by atoms with van der Waals surface area (Å²) in [5.74, 6) is 4.91. The zero-order chi connectivity index (χ0) is 27.2. The minimum atomic E-state index is -0.198. The molecule has 10 nitrogen and oxygen atoms in total. The normalized spacial score (nSPS) is 29.6. The van der Waals surface area contributed by atoms with Crippen molar-refractivity contribution in [1.82, 2.24) is 29.8 Å². The Morgan fingerprint density at radius 1 is 1.12 bits per heavy atom. The molecule has 40 heavy (non-hydrogen) atoms. The molecular formula is C29H37ClN8O2. The molecule has 0 spiro atoms. The number of rotatable bonds is 9. The Morgan fingerprint density at radius 3 is 2.70 bits per heavy atom. The Morgan fingerprint density at radius 2 is 1.93 bits per heavy atom. The summed E-state index contributed by atoms with van der Waals surface area (Å²) in [7, 11) is 1.80. The lowest BCUT2D eigenvalue weighted by Crippen LogP contribution is -2.63. The van der Waals surface area contributed by atoms with E-state index in [0.717, 1.165) is 48.9 Å². The van der Waals surface area contributed by atoms with Crippen LogP contribution in [0.2, 0.25) is 5.02 Å². The number of aromatic nitrogens is 4. The van der Waals surface area contributed by atoms with E-state index in [0.29, 0.717) is 40.3 Å². The maximum Gasteiger partial charge on any atom is 0.188 e. The summed E-state index contributed by atoms with van der Waals surface area (Å²) in [5, 5.41) is 7.40. The molecule has 3 heterocycles. The maximum absolute atomic E-state index is 13.4. The van der Waals surface area contributed by atoms with Crippen molar-refractivity contribution in [3.05, 3.63) is 41.4 Å². The van der Waals surface area contributed by atoms with Crippen LogP contribution in [0.15, 0.2) is 30.9 Å². The largest absolute Gasteiger partial charge is 0.485 e. The van der Waals surface area contributed by atoms with Gasteiger partial charge in [0.2, 0.25) is 0 Å². The number of halogens is 1. The molecule has 4 aliphatic carbocycles. The number of benzene rings is 1. The van der Waals surface area contributed by atoms with Gasteiger partial charge in [-0.25, -0.2) is 19.6 Å². The van der Waals surface area contributed by atoms with Crippen LogP contribution in [0.4, 0.5) is 5.82 Å². The Kier molecular flexibility index (Phi) is 7.01. The smallest absolute Gasteiger partial charge is 0.188 e. The molecule has 4 bridgehead atoms. The van der Waals surface area contributed by atoms with Gasteiger partial charge in [-0.3, -0.25) is 9.69 Å². The first-order valence-corrected chi connectivity index (χ1v) is 14.9. The van der Waals surface area contributed by atoms with E-state index in [1.165, 1.54) is 38.4 Å². The summed E-state index contributed by atoms with van der Waals surface area (Å²) in [6, 6.07) is 5.93. The van der Waals surface area contributed by atoms with Crippen molar-refractivity contribution in [2.45, 2.75) is 50.7 Å². The summed E-state index contributed by atoms with van der Waals surface area (Å²) in [6.45, 7) is 3.10. The number of nitrogens with zero attached hydrogens (tertiary/aromatic N) is 5. The van der Waals surface area contributed by atoms with Crippen molar-refractivity contribution in [2.75, 3.05) is 44.0 Å². The molecule has 2 aromatic heterocycles. The van der Waals surface area contributed by atoms with Crippen LogP contribution in [0, 0.1) is 23.7 Å². The van der Waals surface area contributed by atoms with Gasteiger partial charge in [0.25, 0.3) is 0 Å². The number of anilines is 1. The van der Waals surface area contributed by atoms with E-state index in [2.05, 4.69) is 35.9 Å². The molecular weight excluding hydrogens is 528 g/mol. The highest BCUT2D eigenvalue weighted by Crippen LogP contribution is 2.55. The van der Waals surface area contributed by atoms with Crippen molar-refractivity contribution >= 4 is 34.4 Å². The lowest BCUT2D eigenvalue weighted by molar-refractivity contribution is -0.126. The van der Waals surface area contributed by atoms with E-state index in [-0.39, 0.29) is 18.4 Å². The second-order valence-electron chi connectivity index (χ2n) is 12.0. The van der Waals surface area contributed by atoms with Gasteiger partial charge in [0, 0.05) is 49.9 Å². The van der Waals surface area contributed by atoms with E-state index in [1.807, 2.05) is 12.1 Å². The van der Waals surface area contributed by atoms with E-state index in [1.54, 1.807) is 24.1 Å². The predicted octanol–water partition coefficient (Wildman–Crippen LogP) is 3.31. The van der Waals surface area contributed by atoms with Crippen molar-refractivity contribution in [3.63, 3.8) is 0 Å². The number of carbonyl (C=O) groups excluding carboxylic acids is 1. The molecule has 1 aromatic carbocycles. The minimum absolute atomic E-state index is 0.0200. The number of ether oxygens (including phenoxy) is 1. The topological polar surface area (TPSA) is 109 Å². The second-order valence-corrected chi connectivity index (χ2v) is 12.5. The molecule has 1 atom stereocenters. The standard InChI is InChI=1S/C29H37ClN8O2/c1-31-38-16-36-26-28(34-15-35-29(26)38)33-12-21-11-22(30)2-3-25(21)40-14-24(39)23-13-37(5-4-32-23)27-19-7-17-6-18(9-19)10-20(27)8-17/h2-3,11,15-20,23,27,31-32H,4-10,12-14H2,1H3,(H,33,34,35). The summed E-state index contributed by atoms with van der Waals surface area (Å²) >= 11 is 6.33. The average Bonchev–Trinajstić information content (AvgIpc) is 3.39. The van der Waals surface area contributed by atoms with E-state index < -0.39 is 0 Å². The molecule has 4 saturated carbocycles. The van der Waals surface area contributed by atoms with E-state index in [9.17, 15) is 4.79 Å². The zero-order valence-corrected chi connectivity index (χ0v) is 23.6. The first-order valence-electron chi connectivity index (χ1n) is 14.6. The molecule has 5 aliphatic rings.